The predicted octanol–water partition coefficient (Wildman–Crippen LogP) is 2.22. The number of rotatable bonds is 5. The number of aryl methyl sites for hydroxylation is 2. The molecule has 6 nitrogen and oxygen atoms in total. The van der Waals surface area contributed by atoms with Crippen molar-refractivity contribution in [3.63, 3.8) is 0 Å². The molecule has 3 rings (SSSR count). The largest absolute Gasteiger partial charge is 0.462 e. The van der Waals surface area contributed by atoms with Crippen molar-refractivity contribution in [2.45, 2.75) is 19.8 Å². The fourth-order valence-electron chi connectivity index (χ4n) is 2.26. The highest BCUT2D eigenvalue weighted by molar-refractivity contribution is 5.90. The molecule has 112 valence electrons. The number of carbonyl (C=O) groups is 1. The first-order valence-electron chi connectivity index (χ1n) is 7.11. The van der Waals surface area contributed by atoms with Gasteiger partial charge in [0.15, 0.2) is 5.65 Å². The lowest BCUT2D eigenvalue weighted by Gasteiger charge is -2.08. The second-order valence-corrected chi connectivity index (χ2v) is 4.96. The van der Waals surface area contributed by atoms with Crippen LogP contribution in [0.2, 0.25) is 0 Å². The predicted molar refractivity (Wildman–Crippen MR) is 80.6 cm³/mol. The van der Waals surface area contributed by atoms with Gasteiger partial charge in [-0.2, -0.15) is 5.10 Å². The summed E-state index contributed by atoms with van der Waals surface area (Å²) in [6, 6.07) is 5.69. The van der Waals surface area contributed by atoms with Crippen LogP contribution in [0.4, 0.5) is 0 Å². The van der Waals surface area contributed by atoms with E-state index < -0.39 is 0 Å². The van der Waals surface area contributed by atoms with Gasteiger partial charge in [-0.3, -0.25) is 4.98 Å². The topological polar surface area (TPSA) is 69.4 Å². The zero-order chi connectivity index (χ0) is 15.4. The van der Waals surface area contributed by atoms with Crippen LogP contribution in [0.25, 0.3) is 5.65 Å². The van der Waals surface area contributed by atoms with E-state index in [1.54, 1.807) is 23.0 Å². The molecule has 0 aliphatic rings. The van der Waals surface area contributed by atoms with Crippen molar-refractivity contribution in [2.24, 2.45) is 0 Å². The third-order valence-corrected chi connectivity index (χ3v) is 3.44. The zero-order valence-corrected chi connectivity index (χ0v) is 12.3. The SMILES string of the molecule is Cc1c(C(=O)OCCCc2cccnc2)cnc2ccnn12. The summed E-state index contributed by atoms with van der Waals surface area (Å²) < 4.78 is 6.95. The van der Waals surface area contributed by atoms with Crippen LogP contribution in [0.5, 0.6) is 0 Å². The lowest BCUT2D eigenvalue weighted by atomic mass is 10.2. The van der Waals surface area contributed by atoms with Crippen LogP contribution in [0.15, 0.2) is 43.0 Å². The molecule has 0 aromatic carbocycles. The zero-order valence-electron chi connectivity index (χ0n) is 12.3. The highest BCUT2D eigenvalue weighted by Crippen LogP contribution is 2.11. The number of hydrogen-bond acceptors (Lipinski definition) is 5. The molecule has 0 saturated heterocycles. The van der Waals surface area contributed by atoms with E-state index >= 15 is 0 Å². The van der Waals surface area contributed by atoms with Gasteiger partial charge in [0.25, 0.3) is 0 Å². The molecule has 0 aliphatic carbocycles. The molecule has 0 radical (unpaired) electrons. The second kappa shape index (κ2) is 6.34. The molecular formula is C16H16N4O2. The molecule has 0 N–H and O–H groups in total. The summed E-state index contributed by atoms with van der Waals surface area (Å²) in [5.74, 6) is -0.367. The maximum Gasteiger partial charge on any atom is 0.341 e. The van der Waals surface area contributed by atoms with Crippen LogP contribution in [-0.2, 0) is 11.2 Å². The third kappa shape index (κ3) is 2.95. The summed E-state index contributed by atoms with van der Waals surface area (Å²) >= 11 is 0. The molecule has 22 heavy (non-hydrogen) atoms. The Morgan fingerprint density at radius 3 is 3.00 bits per heavy atom. The molecule has 0 unspecified atom stereocenters. The monoisotopic (exact) mass is 296 g/mol. The third-order valence-electron chi connectivity index (χ3n) is 3.44. The molecule has 6 heteroatoms. The molecule has 0 fully saturated rings. The molecule has 0 bridgehead atoms. The number of fused-ring (bicyclic) bond motifs is 1. The molecule has 0 aliphatic heterocycles. The van der Waals surface area contributed by atoms with E-state index in [0.717, 1.165) is 24.1 Å². The van der Waals surface area contributed by atoms with E-state index in [9.17, 15) is 4.79 Å². The van der Waals surface area contributed by atoms with Gasteiger partial charge in [0.05, 0.1) is 24.1 Å². The Morgan fingerprint density at radius 2 is 2.18 bits per heavy atom. The van der Waals surface area contributed by atoms with Crippen molar-refractivity contribution in [3.05, 3.63) is 59.8 Å². The van der Waals surface area contributed by atoms with E-state index in [2.05, 4.69) is 15.1 Å². The second-order valence-electron chi connectivity index (χ2n) is 4.96. The summed E-state index contributed by atoms with van der Waals surface area (Å²) in [4.78, 5) is 20.4. The van der Waals surface area contributed by atoms with E-state index in [1.165, 1.54) is 6.20 Å². The number of esters is 1. The van der Waals surface area contributed by atoms with Crippen LogP contribution in [0.1, 0.15) is 28.0 Å². The van der Waals surface area contributed by atoms with Crippen LogP contribution >= 0.6 is 0 Å². The van der Waals surface area contributed by atoms with E-state index in [0.29, 0.717) is 17.8 Å². The number of nitrogens with zero attached hydrogens (tertiary/aromatic N) is 4. The molecule has 3 aromatic rings. The van der Waals surface area contributed by atoms with E-state index in [-0.39, 0.29) is 5.97 Å². The molecule has 0 amide bonds. The van der Waals surface area contributed by atoms with Crippen molar-refractivity contribution in [1.82, 2.24) is 19.6 Å². The maximum absolute atomic E-state index is 12.1. The van der Waals surface area contributed by atoms with Gasteiger partial charge in [-0.15, -0.1) is 0 Å². The Labute approximate surface area is 127 Å². The van der Waals surface area contributed by atoms with Crippen molar-refractivity contribution < 1.29 is 9.53 Å². The number of carbonyl (C=O) groups excluding carboxylic acids is 1. The number of pyridine rings is 1. The minimum Gasteiger partial charge on any atom is -0.462 e. The lowest BCUT2D eigenvalue weighted by Crippen LogP contribution is -2.12. The van der Waals surface area contributed by atoms with E-state index in [4.69, 9.17) is 4.74 Å². The summed E-state index contributed by atoms with van der Waals surface area (Å²) in [6.45, 7) is 2.19. The Balaban J connectivity index is 1.58. The molecule has 0 saturated carbocycles. The summed E-state index contributed by atoms with van der Waals surface area (Å²) in [5, 5.41) is 4.14. The van der Waals surface area contributed by atoms with Crippen molar-refractivity contribution in [2.75, 3.05) is 6.61 Å². The molecule has 0 spiro atoms. The van der Waals surface area contributed by atoms with Crippen LogP contribution in [-0.4, -0.2) is 32.2 Å². The number of ether oxygens (including phenoxy) is 1. The van der Waals surface area contributed by atoms with Gasteiger partial charge in [0, 0.05) is 24.7 Å². The van der Waals surface area contributed by atoms with Crippen LogP contribution in [0, 0.1) is 6.92 Å². The Morgan fingerprint density at radius 1 is 1.27 bits per heavy atom. The standard InChI is InChI=1S/C16H16N4O2/c1-12-14(11-18-15-6-8-19-20(12)15)16(21)22-9-3-5-13-4-2-7-17-10-13/h2,4,6-8,10-11H,3,5,9H2,1H3. The van der Waals surface area contributed by atoms with Gasteiger partial charge in [0.1, 0.15) is 0 Å². The van der Waals surface area contributed by atoms with Crippen LogP contribution in [0.3, 0.4) is 0 Å². The minimum absolute atomic E-state index is 0.365. The molecular weight excluding hydrogens is 280 g/mol. The van der Waals surface area contributed by atoms with Crippen molar-refractivity contribution in [3.8, 4) is 0 Å². The van der Waals surface area contributed by atoms with Gasteiger partial charge in [-0.25, -0.2) is 14.3 Å². The highest BCUT2D eigenvalue weighted by Gasteiger charge is 2.14. The lowest BCUT2D eigenvalue weighted by molar-refractivity contribution is 0.0498. The first kappa shape index (κ1) is 14.2. The van der Waals surface area contributed by atoms with Crippen LogP contribution < -0.4 is 0 Å². The first-order valence-corrected chi connectivity index (χ1v) is 7.11. The number of aromatic nitrogens is 4. The molecule has 3 heterocycles. The smallest absolute Gasteiger partial charge is 0.341 e. The Kier molecular flexibility index (Phi) is 4.09. The molecule has 0 atom stereocenters. The van der Waals surface area contributed by atoms with Crippen molar-refractivity contribution >= 4 is 11.6 Å². The normalized spacial score (nSPS) is 10.8. The van der Waals surface area contributed by atoms with Gasteiger partial charge >= 0.3 is 5.97 Å². The average molecular weight is 296 g/mol. The van der Waals surface area contributed by atoms with Gasteiger partial charge in [0.2, 0.25) is 0 Å². The Bertz CT molecular complexity index is 783. The van der Waals surface area contributed by atoms with Gasteiger partial charge in [-0.1, -0.05) is 6.07 Å². The van der Waals surface area contributed by atoms with Gasteiger partial charge < -0.3 is 4.74 Å². The molecule has 3 aromatic heterocycles. The fraction of sp³-hybridized carbons (Fsp3) is 0.250. The first-order chi connectivity index (χ1) is 10.8. The van der Waals surface area contributed by atoms with Gasteiger partial charge in [-0.05, 0) is 31.4 Å². The maximum atomic E-state index is 12.1. The summed E-state index contributed by atoms with van der Waals surface area (Å²) in [5.41, 5.74) is 3.02. The quantitative estimate of drug-likeness (QED) is 0.533. The Hall–Kier alpha value is -2.76. The number of hydrogen-bond donors (Lipinski definition) is 0. The summed E-state index contributed by atoms with van der Waals surface area (Å²) in [7, 11) is 0. The summed E-state index contributed by atoms with van der Waals surface area (Å²) in [6.07, 6.45) is 8.34. The minimum atomic E-state index is -0.367. The highest BCUT2D eigenvalue weighted by atomic mass is 16.5. The fourth-order valence-corrected chi connectivity index (χ4v) is 2.26. The van der Waals surface area contributed by atoms with Crippen molar-refractivity contribution in [1.29, 1.82) is 0 Å². The van der Waals surface area contributed by atoms with E-state index in [1.807, 2.05) is 25.3 Å². The average Bonchev–Trinajstić information content (AvgIpc) is 3.02.